The van der Waals surface area contributed by atoms with Gasteiger partial charge >= 0.3 is 11.9 Å². The molecule has 0 unspecified atom stereocenters. The lowest BCUT2D eigenvalue weighted by molar-refractivity contribution is -0.142. The third-order valence-corrected chi connectivity index (χ3v) is 15.8. The van der Waals surface area contributed by atoms with Crippen molar-refractivity contribution in [3.05, 3.63) is 82.9 Å². The summed E-state index contributed by atoms with van der Waals surface area (Å²) in [7, 11) is 1.45. The van der Waals surface area contributed by atoms with Crippen molar-refractivity contribution >= 4 is 39.8 Å². The number of aldehydes is 1. The van der Waals surface area contributed by atoms with Crippen LogP contribution in [0.15, 0.2) is 60.7 Å². The van der Waals surface area contributed by atoms with E-state index in [1.54, 1.807) is 0 Å². The fourth-order valence-corrected chi connectivity index (χ4v) is 11.3. The van der Waals surface area contributed by atoms with Crippen LogP contribution in [0.2, 0.25) is 0 Å². The van der Waals surface area contributed by atoms with Crippen molar-refractivity contribution in [2.45, 2.75) is 164 Å². The summed E-state index contributed by atoms with van der Waals surface area (Å²) in [4.78, 5) is 36.1. The summed E-state index contributed by atoms with van der Waals surface area (Å²) in [6, 6.07) is 21.0. The van der Waals surface area contributed by atoms with Crippen LogP contribution >= 0.6 is 0 Å². The van der Waals surface area contributed by atoms with Crippen LogP contribution in [-0.2, 0) is 20.9 Å². The molecule has 0 bridgehead atoms. The highest BCUT2D eigenvalue weighted by atomic mass is 16.5. The number of aryl methyl sites for hydroxylation is 2. The number of nitrogens with zero attached hydrogens (tertiary/aromatic N) is 1. The third-order valence-electron chi connectivity index (χ3n) is 15.8. The van der Waals surface area contributed by atoms with Gasteiger partial charge in [-0.2, -0.15) is 0 Å². The molecule has 0 amide bonds. The van der Waals surface area contributed by atoms with E-state index < -0.39 is 5.97 Å². The maximum absolute atomic E-state index is 11.7. The van der Waals surface area contributed by atoms with E-state index in [-0.39, 0.29) is 12.1 Å². The molecule has 0 aromatic heterocycles. The Balaban J connectivity index is 0.000000189. The summed E-state index contributed by atoms with van der Waals surface area (Å²) in [5.74, 6) is 3.46. The Hall–Kier alpha value is -4.47. The third kappa shape index (κ3) is 14.8. The van der Waals surface area contributed by atoms with E-state index in [0.29, 0.717) is 47.2 Å². The molecule has 2 aliphatic heterocycles. The van der Waals surface area contributed by atoms with Gasteiger partial charge in [-0.1, -0.05) is 90.1 Å². The lowest BCUT2D eigenvalue weighted by Crippen LogP contribution is -2.34. The van der Waals surface area contributed by atoms with E-state index in [4.69, 9.17) is 14.6 Å². The number of hydrogen-bond donors (Lipinski definition) is 2. The summed E-state index contributed by atoms with van der Waals surface area (Å²) >= 11 is 0. The van der Waals surface area contributed by atoms with Crippen LogP contribution in [0.1, 0.15) is 158 Å². The number of esters is 1. The van der Waals surface area contributed by atoms with E-state index in [1.165, 1.54) is 54.7 Å². The molecule has 4 aromatic rings. The van der Waals surface area contributed by atoms with Gasteiger partial charge in [-0.3, -0.25) is 19.3 Å². The predicted molar refractivity (Wildman–Crippen MR) is 277 cm³/mol. The van der Waals surface area contributed by atoms with E-state index in [0.717, 1.165) is 130 Å². The van der Waals surface area contributed by atoms with E-state index >= 15 is 0 Å². The SMILES string of the molecule is COC(=O)CC1CCNCC1.Cc1cc(OC2CCC(C(C)(C)C)CC2)c(C=O)c2ccccc12.Cc1cc(OC2CCC(C(C)(C)C)CC2)c(CN2CCC(CC(=O)O)CC2)c2ccccc12. The van der Waals surface area contributed by atoms with Crippen molar-refractivity contribution in [2.75, 3.05) is 33.3 Å². The molecule has 0 spiro atoms. The van der Waals surface area contributed by atoms with Crippen LogP contribution in [0.4, 0.5) is 0 Å². The fourth-order valence-electron chi connectivity index (χ4n) is 11.3. The normalized spacial score (nSPS) is 22.0. The van der Waals surface area contributed by atoms with Crippen LogP contribution < -0.4 is 14.8 Å². The zero-order valence-electron chi connectivity index (χ0n) is 43.1. The highest BCUT2D eigenvalue weighted by Gasteiger charge is 2.33. The van der Waals surface area contributed by atoms with Crippen molar-refractivity contribution in [2.24, 2.45) is 34.5 Å². The number of carbonyl (C=O) groups is 3. The van der Waals surface area contributed by atoms with E-state index in [9.17, 15) is 14.4 Å². The number of rotatable bonds is 11. The summed E-state index contributed by atoms with van der Waals surface area (Å²) in [5.41, 5.74) is 5.17. The number of hydrogen-bond acceptors (Lipinski definition) is 8. The lowest BCUT2D eigenvalue weighted by atomic mass is 9.72. The summed E-state index contributed by atoms with van der Waals surface area (Å²) in [6.45, 7) is 23.2. The molecule has 8 rings (SSSR count). The van der Waals surface area contributed by atoms with E-state index in [2.05, 4.69) is 107 Å². The van der Waals surface area contributed by atoms with Gasteiger partial charge in [0.15, 0.2) is 6.29 Å². The molecular formula is C59H84N2O7. The summed E-state index contributed by atoms with van der Waals surface area (Å²) < 4.78 is 17.6. The molecule has 0 atom stereocenters. The monoisotopic (exact) mass is 933 g/mol. The number of ether oxygens (including phenoxy) is 3. The quantitative estimate of drug-likeness (QED) is 0.112. The molecule has 4 aliphatic rings. The van der Waals surface area contributed by atoms with E-state index in [1.807, 2.05) is 24.3 Å². The molecule has 372 valence electrons. The zero-order valence-corrected chi connectivity index (χ0v) is 43.1. The maximum Gasteiger partial charge on any atom is 0.305 e. The Labute approximate surface area is 408 Å². The van der Waals surface area contributed by atoms with Crippen molar-refractivity contribution in [3.8, 4) is 11.5 Å². The highest BCUT2D eigenvalue weighted by Crippen LogP contribution is 2.42. The van der Waals surface area contributed by atoms with Gasteiger partial charge in [-0.15, -0.1) is 0 Å². The second-order valence-corrected chi connectivity index (χ2v) is 22.7. The molecule has 68 heavy (non-hydrogen) atoms. The number of carboxylic acid groups (broad SMARTS) is 1. The highest BCUT2D eigenvalue weighted by molar-refractivity contribution is 6.02. The molecule has 2 saturated heterocycles. The first-order valence-corrected chi connectivity index (χ1v) is 26.0. The summed E-state index contributed by atoms with van der Waals surface area (Å²) in [6.07, 6.45) is 15.8. The van der Waals surface area contributed by atoms with Gasteiger partial charge in [-0.25, -0.2) is 0 Å². The Morgan fingerprint density at radius 2 is 1.10 bits per heavy atom. The van der Waals surface area contributed by atoms with Crippen LogP contribution in [-0.4, -0.2) is 73.7 Å². The molecule has 2 saturated carbocycles. The number of methoxy groups -OCH3 is 1. The standard InChI is InChI=1S/C29H41NO3.C22H28O2.C8H15NO2/c1-20-17-27(33-23-11-9-22(10-12-23)29(2,3)4)26(25-8-6-5-7-24(20)25)19-30-15-13-21(14-16-30)18-28(31)32;1-15-13-21(20(14-23)19-8-6-5-7-18(15)19)24-17-11-9-16(10-12-17)22(2,3)4;1-11-8(10)6-7-2-4-9-5-3-7/h5-8,17,21-23H,9-16,18-19H2,1-4H3,(H,31,32);5-8,13-14,16-17H,9-12H2,1-4H3;7,9H,2-6H2,1H3. The molecule has 0 radical (unpaired) electrons. The average molecular weight is 933 g/mol. The number of piperidine rings is 2. The second kappa shape index (κ2) is 24.4. The van der Waals surface area contributed by atoms with Crippen LogP contribution in [0.25, 0.3) is 21.5 Å². The van der Waals surface area contributed by atoms with Gasteiger partial charge in [0.2, 0.25) is 0 Å². The number of fused-ring (bicyclic) bond motifs is 2. The molecular weight excluding hydrogens is 849 g/mol. The molecule has 2 heterocycles. The Kier molecular flexibility index (Phi) is 19.0. The van der Waals surface area contributed by atoms with Gasteiger partial charge in [-0.05, 0) is 196 Å². The van der Waals surface area contributed by atoms with Gasteiger partial charge in [0.1, 0.15) is 11.5 Å². The number of carbonyl (C=O) groups excluding carboxylic acids is 2. The first-order chi connectivity index (χ1) is 32.4. The molecule has 4 fully saturated rings. The van der Waals surface area contributed by atoms with Crippen molar-refractivity contribution in [1.29, 1.82) is 0 Å². The van der Waals surface area contributed by atoms with Gasteiger partial charge < -0.3 is 24.6 Å². The zero-order chi connectivity index (χ0) is 49.0. The van der Waals surface area contributed by atoms with Crippen molar-refractivity contribution in [1.82, 2.24) is 10.2 Å². The number of carboxylic acids is 1. The van der Waals surface area contributed by atoms with Crippen LogP contribution in [0.3, 0.4) is 0 Å². The fraction of sp³-hybridized carbons (Fsp3) is 0.610. The van der Waals surface area contributed by atoms with Gasteiger partial charge in [0.25, 0.3) is 0 Å². The Bertz CT molecular complexity index is 2260. The predicted octanol–water partition coefficient (Wildman–Crippen LogP) is 13.3. The smallest absolute Gasteiger partial charge is 0.305 e. The number of aliphatic carboxylic acids is 1. The minimum absolute atomic E-state index is 0.0723. The molecule has 4 aromatic carbocycles. The molecule has 2 aliphatic carbocycles. The topological polar surface area (TPSA) is 114 Å². The molecule has 9 heteroatoms. The first kappa shape index (κ1) is 52.9. The summed E-state index contributed by atoms with van der Waals surface area (Å²) in [5, 5.41) is 17.1. The first-order valence-electron chi connectivity index (χ1n) is 26.0. The maximum atomic E-state index is 11.7. The number of benzene rings is 4. The lowest BCUT2D eigenvalue weighted by Gasteiger charge is -2.37. The number of likely N-dealkylation sites (tertiary alicyclic amines) is 1. The number of nitrogens with one attached hydrogen (secondary N) is 1. The van der Waals surface area contributed by atoms with Gasteiger partial charge in [0, 0.05) is 24.9 Å². The minimum atomic E-state index is -0.671. The van der Waals surface area contributed by atoms with Crippen LogP contribution in [0, 0.1) is 48.3 Å². The Morgan fingerprint density at radius 3 is 1.59 bits per heavy atom. The molecule has 9 nitrogen and oxygen atoms in total. The van der Waals surface area contributed by atoms with Crippen molar-refractivity contribution < 1.29 is 33.7 Å². The van der Waals surface area contributed by atoms with Crippen molar-refractivity contribution in [3.63, 3.8) is 0 Å². The Morgan fingerprint density at radius 1 is 0.647 bits per heavy atom. The van der Waals surface area contributed by atoms with Crippen LogP contribution in [0.5, 0.6) is 11.5 Å². The minimum Gasteiger partial charge on any atom is -0.490 e. The second-order valence-electron chi connectivity index (χ2n) is 22.7. The largest absolute Gasteiger partial charge is 0.490 e. The molecule has 2 N–H and O–H groups in total. The average Bonchev–Trinajstić information content (AvgIpc) is 3.31. The van der Waals surface area contributed by atoms with Gasteiger partial charge in [0.05, 0.1) is 24.9 Å².